The lowest BCUT2D eigenvalue weighted by Gasteiger charge is -2.02. The summed E-state index contributed by atoms with van der Waals surface area (Å²) in [5, 5.41) is 4.15. The smallest absolute Gasteiger partial charge is 0.164 e. The lowest BCUT2D eigenvalue weighted by atomic mass is 10.4. The molecule has 0 aliphatic carbocycles. The molecule has 0 bridgehead atoms. The van der Waals surface area contributed by atoms with Gasteiger partial charge in [0.1, 0.15) is 6.33 Å². The van der Waals surface area contributed by atoms with Crippen molar-refractivity contribution in [3.05, 3.63) is 12.2 Å². The van der Waals surface area contributed by atoms with Crippen molar-refractivity contribution in [1.29, 1.82) is 0 Å². The zero-order valence-corrected chi connectivity index (χ0v) is 8.65. The van der Waals surface area contributed by atoms with Crippen molar-refractivity contribution in [2.45, 2.75) is 32.9 Å². The van der Waals surface area contributed by atoms with E-state index in [4.69, 9.17) is 10.5 Å². The summed E-state index contributed by atoms with van der Waals surface area (Å²) in [5.74, 6) is 0.679. The summed E-state index contributed by atoms with van der Waals surface area (Å²) in [6, 6.07) is 0. The molecule has 5 nitrogen and oxygen atoms in total. The maximum Gasteiger partial charge on any atom is 0.164 e. The predicted octanol–water partition coefficient (Wildman–Crippen LogP) is 0.553. The van der Waals surface area contributed by atoms with Gasteiger partial charge in [-0.25, -0.2) is 4.98 Å². The van der Waals surface area contributed by atoms with E-state index in [-0.39, 0.29) is 0 Å². The van der Waals surface area contributed by atoms with Crippen molar-refractivity contribution in [1.82, 2.24) is 14.8 Å². The highest BCUT2D eigenvalue weighted by atomic mass is 16.5. The lowest BCUT2D eigenvalue weighted by Crippen LogP contribution is -2.08. The standard InChI is InChI=1S/C9H18N4O/c1-2-3-5-14-6-4-13-8-11-9(7-10)12-13/h8H,2-7,10H2,1H3. The molecule has 80 valence electrons. The third-order valence-electron chi connectivity index (χ3n) is 1.87. The third-order valence-corrected chi connectivity index (χ3v) is 1.87. The molecule has 0 amide bonds. The number of nitrogens with two attached hydrogens (primary N) is 1. The Morgan fingerprint density at radius 1 is 1.50 bits per heavy atom. The van der Waals surface area contributed by atoms with Crippen LogP contribution in [0.1, 0.15) is 25.6 Å². The minimum atomic E-state index is 0.393. The van der Waals surface area contributed by atoms with Crippen molar-refractivity contribution in [2.24, 2.45) is 5.73 Å². The summed E-state index contributed by atoms with van der Waals surface area (Å²) < 4.78 is 7.16. The summed E-state index contributed by atoms with van der Waals surface area (Å²) in [6.07, 6.45) is 3.97. The first-order chi connectivity index (χ1) is 6.86. The van der Waals surface area contributed by atoms with Crippen LogP contribution in [0.2, 0.25) is 0 Å². The van der Waals surface area contributed by atoms with Crippen LogP contribution in [0.25, 0.3) is 0 Å². The normalized spacial score (nSPS) is 10.7. The van der Waals surface area contributed by atoms with Crippen LogP contribution in [0, 0.1) is 0 Å². The van der Waals surface area contributed by atoms with Crippen molar-refractivity contribution in [2.75, 3.05) is 13.2 Å². The van der Waals surface area contributed by atoms with E-state index in [2.05, 4.69) is 17.0 Å². The highest BCUT2D eigenvalue weighted by Gasteiger charge is 1.97. The van der Waals surface area contributed by atoms with Crippen LogP contribution in [0.4, 0.5) is 0 Å². The van der Waals surface area contributed by atoms with Crippen molar-refractivity contribution < 1.29 is 4.74 Å². The van der Waals surface area contributed by atoms with Crippen molar-refractivity contribution in [3.63, 3.8) is 0 Å². The Bertz CT molecular complexity index is 249. The van der Waals surface area contributed by atoms with Gasteiger partial charge in [0.05, 0.1) is 19.7 Å². The maximum absolute atomic E-state index is 5.40. The largest absolute Gasteiger partial charge is 0.380 e. The number of aromatic nitrogens is 3. The first-order valence-corrected chi connectivity index (χ1v) is 5.03. The predicted molar refractivity (Wildman–Crippen MR) is 53.6 cm³/mol. The molecule has 0 saturated heterocycles. The molecule has 0 fully saturated rings. The van der Waals surface area contributed by atoms with Crippen LogP contribution < -0.4 is 5.73 Å². The van der Waals surface area contributed by atoms with Gasteiger partial charge < -0.3 is 10.5 Å². The molecule has 0 unspecified atom stereocenters. The average Bonchev–Trinajstić information content (AvgIpc) is 2.65. The van der Waals surface area contributed by atoms with Gasteiger partial charge in [-0.3, -0.25) is 4.68 Å². The van der Waals surface area contributed by atoms with Crippen LogP contribution in [0.15, 0.2) is 6.33 Å². The summed E-state index contributed by atoms with van der Waals surface area (Å²) in [5.41, 5.74) is 5.39. The van der Waals surface area contributed by atoms with Crippen LogP contribution >= 0.6 is 0 Å². The Kier molecular flexibility index (Phi) is 5.17. The Hall–Kier alpha value is -0.940. The fourth-order valence-corrected chi connectivity index (χ4v) is 1.04. The van der Waals surface area contributed by atoms with E-state index >= 15 is 0 Å². The molecule has 1 aromatic heterocycles. The highest BCUT2D eigenvalue weighted by Crippen LogP contribution is 1.91. The fraction of sp³-hybridized carbons (Fsp3) is 0.778. The topological polar surface area (TPSA) is 66.0 Å². The SMILES string of the molecule is CCCCOCCn1cnc(CN)n1. The molecule has 14 heavy (non-hydrogen) atoms. The van der Waals surface area contributed by atoms with Crippen LogP contribution in [0.5, 0.6) is 0 Å². The second-order valence-electron chi connectivity index (χ2n) is 3.09. The number of hydrogen-bond acceptors (Lipinski definition) is 4. The minimum absolute atomic E-state index is 0.393. The van der Waals surface area contributed by atoms with Crippen molar-refractivity contribution in [3.8, 4) is 0 Å². The first-order valence-electron chi connectivity index (χ1n) is 5.03. The van der Waals surface area contributed by atoms with Gasteiger partial charge in [-0.1, -0.05) is 13.3 Å². The molecule has 0 aliphatic rings. The van der Waals surface area contributed by atoms with Gasteiger partial charge in [-0.15, -0.1) is 0 Å². The Morgan fingerprint density at radius 3 is 3.00 bits per heavy atom. The van der Waals surface area contributed by atoms with Crippen LogP contribution in [-0.2, 0) is 17.8 Å². The molecule has 0 radical (unpaired) electrons. The first kappa shape index (κ1) is 11.1. The molecule has 2 N–H and O–H groups in total. The van der Waals surface area contributed by atoms with E-state index in [9.17, 15) is 0 Å². The van der Waals surface area contributed by atoms with E-state index in [1.54, 1.807) is 11.0 Å². The fourth-order valence-electron chi connectivity index (χ4n) is 1.04. The quantitative estimate of drug-likeness (QED) is 0.650. The molecule has 1 heterocycles. The molecule has 1 aromatic rings. The van der Waals surface area contributed by atoms with Gasteiger partial charge in [-0.05, 0) is 6.42 Å². The molecular weight excluding hydrogens is 180 g/mol. The summed E-state index contributed by atoms with van der Waals surface area (Å²) in [6.45, 7) is 4.80. The maximum atomic E-state index is 5.40. The zero-order valence-electron chi connectivity index (χ0n) is 8.65. The summed E-state index contributed by atoms with van der Waals surface area (Å²) in [7, 11) is 0. The summed E-state index contributed by atoms with van der Waals surface area (Å²) >= 11 is 0. The zero-order chi connectivity index (χ0) is 10.2. The lowest BCUT2D eigenvalue weighted by molar-refractivity contribution is 0.121. The number of hydrogen-bond donors (Lipinski definition) is 1. The Labute approximate surface area is 84.3 Å². The summed E-state index contributed by atoms with van der Waals surface area (Å²) in [4.78, 5) is 4.02. The number of nitrogens with zero attached hydrogens (tertiary/aromatic N) is 3. The second kappa shape index (κ2) is 6.50. The van der Waals surface area contributed by atoms with Gasteiger partial charge in [0, 0.05) is 6.61 Å². The van der Waals surface area contributed by atoms with Gasteiger partial charge in [0.15, 0.2) is 5.82 Å². The second-order valence-corrected chi connectivity index (χ2v) is 3.09. The van der Waals surface area contributed by atoms with E-state index in [1.165, 1.54) is 6.42 Å². The molecule has 0 saturated carbocycles. The molecule has 1 rings (SSSR count). The third kappa shape index (κ3) is 3.85. The Morgan fingerprint density at radius 2 is 2.36 bits per heavy atom. The minimum Gasteiger partial charge on any atom is -0.380 e. The van der Waals surface area contributed by atoms with Crippen LogP contribution in [0.3, 0.4) is 0 Å². The van der Waals surface area contributed by atoms with Gasteiger partial charge in [0.25, 0.3) is 0 Å². The molecule has 0 aliphatic heterocycles. The van der Waals surface area contributed by atoms with Crippen LogP contribution in [-0.4, -0.2) is 28.0 Å². The number of unbranched alkanes of at least 4 members (excludes halogenated alkanes) is 1. The molecule has 0 aromatic carbocycles. The molecule has 0 spiro atoms. The Balaban J connectivity index is 2.12. The van der Waals surface area contributed by atoms with E-state index in [0.29, 0.717) is 19.0 Å². The monoisotopic (exact) mass is 198 g/mol. The van der Waals surface area contributed by atoms with Gasteiger partial charge in [0.2, 0.25) is 0 Å². The van der Waals surface area contributed by atoms with E-state index in [0.717, 1.165) is 19.6 Å². The molecule has 5 heteroatoms. The van der Waals surface area contributed by atoms with E-state index < -0.39 is 0 Å². The molecule has 0 atom stereocenters. The highest BCUT2D eigenvalue weighted by molar-refractivity contribution is 4.78. The van der Waals surface area contributed by atoms with Gasteiger partial charge in [-0.2, -0.15) is 5.10 Å². The van der Waals surface area contributed by atoms with Gasteiger partial charge >= 0.3 is 0 Å². The average molecular weight is 198 g/mol. The van der Waals surface area contributed by atoms with Crippen molar-refractivity contribution >= 4 is 0 Å². The molecular formula is C9H18N4O. The number of rotatable bonds is 7. The number of ether oxygens (including phenoxy) is 1. The van der Waals surface area contributed by atoms with E-state index in [1.807, 2.05) is 0 Å².